The van der Waals surface area contributed by atoms with E-state index in [1.54, 1.807) is 6.07 Å². The molecule has 9 heteroatoms. The maximum atomic E-state index is 6.15. The summed E-state index contributed by atoms with van der Waals surface area (Å²) >= 11 is 7.45. The number of aryl methyl sites for hydroxylation is 1. The normalized spacial score (nSPS) is 10.9. The van der Waals surface area contributed by atoms with Gasteiger partial charge in [-0.05, 0) is 36.8 Å². The van der Waals surface area contributed by atoms with Crippen molar-refractivity contribution in [3.05, 3.63) is 70.9 Å². The SMILES string of the molecule is Cc1cccc(OCc2nnc(SCc3nnc(-c4ccccc4Cl)o3)o2)c1. The molecule has 7 nitrogen and oxygen atoms in total. The molecule has 0 saturated carbocycles. The Balaban J connectivity index is 1.33. The predicted molar refractivity (Wildman–Crippen MR) is 104 cm³/mol. The number of rotatable bonds is 7. The fourth-order valence-corrected chi connectivity index (χ4v) is 3.22. The van der Waals surface area contributed by atoms with Crippen molar-refractivity contribution < 1.29 is 13.6 Å². The Morgan fingerprint density at radius 3 is 2.68 bits per heavy atom. The second-order valence-corrected chi connectivity index (χ2v) is 7.17. The summed E-state index contributed by atoms with van der Waals surface area (Å²) in [5.41, 5.74) is 1.82. The third-order valence-electron chi connectivity index (χ3n) is 3.69. The van der Waals surface area contributed by atoms with E-state index in [-0.39, 0.29) is 6.61 Å². The monoisotopic (exact) mass is 414 g/mol. The van der Waals surface area contributed by atoms with E-state index in [1.165, 1.54) is 11.8 Å². The van der Waals surface area contributed by atoms with Gasteiger partial charge in [0.1, 0.15) is 5.75 Å². The third kappa shape index (κ3) is 4.52. The molecule has 0 saturated heterocycles. The average molecular weight is 415 g/mol. The van der Waals surface area contributed by atoms with E-state index < -0.39 is 0 Å². The van der Waals surface area contributed by atoms with Gasteiger partial charge in [-0.15, -0.1) is 20.4 Å². The van der Waals surface area contributed by atoms with Gasteiger partial charge in [0.2, 0.25) is 11.8 Å². The molecule has 0 amide bonds. The Labute approximate surface area is 170 Å². The zero-order valence-electron chi connectivity index (χ0n) is 14.8. The number of benzene rings is 2. The molecule has 0 radical (unpaired) electrons. The third-order valence-corrected chi connectivity index (χ3v) is 4.82. The number of halogens is 1. The van der Waals surface area contributed by atoms with E-state index in [2.05, 4.69) is 20.4 Å². The summed E-state index contributed by atoms with van der Waals surface area (Å²) in [6.07, 6.45) is 0. The van der Waals surface area contributed by atoms with E-state index in [1.807, 2.05) is 49.4 Å². The molecule has 0 atom stereocenters. The zero-order valence-corrected chi connectivity index (χ0v) is 16.4. The van der Waals surface area contributed by atoms with E-state index >= 15 is 0 Å². The summed E-state index contributed by atoms with van der Waals surface area (Å²) in [4.78, 5) is 0. The lowest BCUT2D eigenvalue weighted by Crippen LogP contribution is -1.95. The zero-order chi connectivity index (χ0) is 19.3. The summed E-state index contributed by atoms with van der Waals surface area (Å²) in [6.45, 7) is 2.21. The summed E-state index contributed by atoms with van der Waals surface area (Å²) in [5, 5.41) is 17.0. The van der Waals surface area contributed by atoms with Crippen molar-refractivity contribution in [1.82, 2.24) is 20.4 Å². The van der Waals surface area contributed by atoms with Crippen molar-refractivity contribution in [2.45, 2.75) is 24.5 Å². The maximum absolute atomic E-state index is 6.15. The van der Waals surface area contributed by atoms with Crippen LogP contribution >= 0.6 is 23.4 Å². The second kappa shape index (κ2) is 8.45. The van der Waals surface area contributed by atoms with Crippen LogP contribution in [0, 0.1) is 6.92 Å². The molecule has 4 aromatic rings. The molecule has 0 N–H and O–H groups in total. The Hall–Kier alpha value is -2.84. The Bertz CT molecular complexity index is 1080. The Morgan fingerprint density at radius 2 is 1.82 bits per heavy atom. The van der Waals surface area contributed by atoms with Gasteiger partial charge in [0, 0.05) is 0 Å². The molecule has 0 fully saturated rings. The van der Waals surface area contributed by atoms with Gasteiger partial charge in [0.15, 0.2) is 6.61 Å². The molecule has 0 bridgehead atoms. The molecule has 0 aliphatic heterocycles. The molecular weight excluding hydrogens is 400 g/mol. The van der Waals surface area contributed by atoms with Gasteiger partial charge < -0.3 is 13.6 Å². The van der Waals surface area contributed by atoms with Gasteiger partial charge in [-0.25, -0.2) is 0 Å². The largest absolute Gasteiger partial charge is 0.484 e. The van der Waals surface area contributed by atoms with Crippen LogP contribution in [0.2, 0.25) is 5.02 Å². The number of ether oxygens (including phenoxy) is 1. The number of hydrogen-bond donors (Lipinski definition) is 0. The molecule has 2 aromatic heterocycles. The van der Waals surface area contributed by atoms with Crippen molar-refractivity contribution in [3.8, 4) is 17.2 Å². The summed E-state index contributed by atoms with van der Waals surface area (Å²) in [6, 6.07) is 15.1. The van der Waals surface area contributed by atoms with Crippen LogP contribution in [0.5, 0.6) is 5.75 Å². The van der Waals surface area contributed by atoms with Crippen molar-refractivity contribution in [2.75, 3.05) is 0 Å². The molecule has 0 spiro atoms. The first-order valence-corrected chi connectivity index (χ1v) is 9.75. The Kier molecular flexibility index (Phi) is 5.59. The van der Waals surface area contributed by atoms with E-state index in [4.69, 9.17) is 25.2 Å². The molecule has 4 rings (SSSR count). The van der Waals surface area contributed by atoms with Crippen molar-refractivity contribution >= 4 is 23.4 Å². The van der Waals surface area contributed by atoms with Crippen LogP contribution in [0.3, 0.4) is 0 Å². The summed E-state index contributed by atoms with van der Waals surface area (Å²) in [7, 11) is 0. The average Bonchev–Trinajstić information content (AvgIpc) is 3.35. The smallest absolute Gasteiger partial charge is 0.277 e. The number of thioether (sulfide) groups is 1. The minimum absolute atomic E-state index is 0.203. The van der Waals surface area contributed by atoms with Gasteiger partial charge in [0.05, 0.1) is 16.3 Å². The minimum Gasteiger partial charge on any atom is -0.484 e. The molecule has 28 heavy (non-hydrogen) atoms. The molecular formula is C19H15ClN4O3S. The maximum Gasteiger partial charge on any atom is 0.277 e. The van der Waals surface area contributed by atoms with Crippen LogP contribution < -0.4 is 4.74 Å². The summed E-state index contributed by atoms with van der Waals surface area (Å²) < 4.78 is 16.9. The van der Waals surface area contributed by atoms with Crippen molar-refractivity contribution in [1.29, 1.82) is 0 Å². The van der Waals surface area contributed by atoms with Gasteiger partial charge >= 0.3 is 0 Å². The van der Waals surface area contributed by atoms with E-state index in [0.717, 1.165) is 11.3 Å². The fraction of sp³-hybridized carbons (Fsp3) is 0.158. The van der Waals surface area contributed by atoms with Crippen LogP contribution in [-0.4, -0.2) is 20.4 Å². The van der Waals surface area contributed by atoms with Crippen LogP contribution in [0.25, 0.3) is 11.5 Å². The van der Waals surface area contributed by atoms with Crippen molar-refractivity contribution in [2.24, 2.45) is 0 Å². The van der Waals surface area contributed by atoms with Crippen molar-refractivity contribution in [3.63, 3.8) is 0 Å². The van der Waals surface area contributed by atoms with Crippen LogP contribution in [-0.2, 0) is 12.4 Å². The van der Waals surface area contributed by atoms with Gasteiger partial charge in [-0.2, -0.15) is 0 Å². The standard InChI is InChI=1S/C19H15ClN4O3S/c1-12-5-4-6-13(9-12)25-10-16-21-24-19(27-16)28-11-17-22-23-18(26-17)14-7-2-3-8-15(14)20/h2-9H,10-11H2,1H3. The topological polar surface area (TPSA) is 87.1 Å². The lowest BCUT2D eigenvalue weighted by Gasteiger charge is -2.03. The first-order valence-electron chi connectivity index (χ1n) is 8.39. The number of hydrogen-bond acceptors (Lipinski definition) is 8. The predicted octanol–water partition coefficient (Wildman–Crippen LogP) is 4.95. The van der Waals surface area contributed by atoms with Gasteiger partial charge in [-0.3, -0.25) is 0 Å². The quantitative estimate of drug-likeness (QED) is 0.392. The van der Waals surface area contributed by atoms with Crippen LogP contribution in [0.1, 0.15) is 17.3 Å². The van der Waals surface area contributed by atoms with Gasteiger partial charge in [0.25, 0.3) is 11.1 Å². The first-order chi connectivity index (χ1) is 13.7. The molecule has 2 heterocycles. The van der Waals surface area contributed by atoms with Gasteiger partial charge in [-0.1, -0.05) is 47.6 Å². The Morgan fingerprint density at radius 1 is 0.964 bits per heavy atom. The number of aromatic nitrogens is 4. The first kappa shape index (κ1) is 18.5. The van der Waals surface area contributed by atoms with E-state index in [0.29, 0.717) is 39.2 Å². The lowest BCUT2D eigenvalue weighted by molar-refractivity contribution is 0.252. The molecule has 142 valence electrons. The highest BCUT2D eigenvalue weighted by molar-refractivity contribution is 7.98. The summed E-state index contributed by atoms with van der Waals surface area (Å²) in [5.74, 6) is 2.36. The minimum atomic E-state index is 0.203. The lowest BCUT2D eigenvalue weighted by atomic mass is 10.2. The van der Waals surface area contributed by atoms with Crippen LogP contribution in [0.4, 0.5) is 0 Å². The van der Waals surface area contributed by atoms with Crippen LogP contribution in [0.15, 0.2) is 62.6 Å². The highest BCUT2D eigenvalue weighted by atomic mass is 35.5. The highest BCUT2D eigenvalue weighted by Gasteiger charge is 2.14. The van der Waals surface area contributed by atoms with E-state index in [9.17, 15) is 0 Å². The molecule has 0 aliphatic carbocycles. The highest BCUT2D eigenvalue weighted by Crippen LogP contribution is 2.28. The molecule has 2 aromatic carbocycles. The number of nitrogens with zero attached hydrogens (tertiary/aromatic N) is 4. The fourth-order valence-electron chi connectivity index (χ4n) is 2.38. The molecule has 0 aliphatic rings. The molecule has 0 unspecified atom stereocenters. The second-order valence-electron chi connectivity index (χ2n) is 5.84.